The van der Waals surface area contributed by atoms with Gasteiger partial charge in [-0.2, -0.15) is 0 Å². The van der Waals surface area contributed by atoms with Crippen molar-refractivity contribution in [3.8, 4) is 0 Å². The molecule has 7 heteroatoms. The lowest BCUT2D eigenvalue weighted by molar-refractivity contribution is 0.102. The van der Waals surface area contributed by atoms with Crippen LogP contribution < -0.4 is 9.62 Å². The first kappa shape index (κ1) is 17.8. The van der Waals surface area contributed by atoms with Gasteiger partial charge in [-0.3, -0.25) is 9.10 Å². The summed E-state index contributed by atoms with van der Waals surface area (Å²) >= 11 is 5.93. The molecular formula is C18H19ClN2O3S. The fourth-order valence-corrected chi connectivity index (χ4v) is 4.31. The Balaban J connectivity index is 1.87. The zero-order valence-corrected chi connectivity index (χ0v) is 15.4. The second-order valence-corrected chi connectivity index (χ2v) is 8.50. The summed E-state index contributed by atoms with van der Waals surface area (Å²) in [7, 11) is -3.30. The molecule has 1 aliphatic heterocycles. The third-order valence-corrected chi connectivity index (χ3v) is 6.22. The van der Waals surface area contributed by atoms with Crippen LogP contribution in [0.5, 0.6) is 0 Å². The molecule has 25 heavy (non-hydrogen) atoms. The largest absolute Gasteiger partial charge is 0.322 e. The Labute approximate surface area is 152 Å². The standard InChI is InChI=1S/C18H19ClN2O3S/c1-2-25(23,24)21-10-4-5-13-11-14(8-9-17(13)21)18(22)20-16-7-3-6-15(19)12-16/h3,6-9,11-12H,2,4-5,10H2,1H3,(H,20,22). The number of nitrogens with zero attached hydrogens (tertiary/aromatic N) is 1. The van der Waals surface area contributed by atoms with Crippen LogP contribution in [-0.4, -0.2) is 26.6 Å². The monoisotopic (exact) mass is 378 g/mol. The summed E-state index contributed by atoms with van der Waals surface area (Å²) in [5.74, 6) is -0.191. The number of hydrogen-bond donors (Lipinski definition) is 1. The normalized spacial score (nSPS) is 14.1. The number of sulfonamides is 1. The molecule has 3 rings (SSSR count). The molecule has 2 aromatic carbocycles. The quantitative estimate of drug-likeness (QED) is 0.882. The van der Waals surface area contributed by atoms with Crippen molar-refractivity contribution in [3.05, 3.63) is 58.6 Å². The van der Waals surface area contributed by atoms with E-state index in [1.54, 1.807) is 49.4 Å². The van der Waals surface area contributed by atoms with E-state index >= 15 is 0 Å². The van der Waals surface area contributed by atoms with Gasteiger partial charge in [0, 0.05) is 22.8 Å². The van der Waals surface area contributed by atoms with Crippen molar-refractivity contribution < 1.29 is 13.2 Å². The van der Waals surface area contributed by atoms with E-state index in [9.17, 15) is 13.2 Å². The van der Waals surface area contributed by atoms with Crippen LogP contribution in [0.3, 0.4) is 0 Å². The van der Waals surface area contributed by atoms with Gasteiger partial charge in [0.2, 0.25) is 10.0 Å². The lowest BCUT2D eigenvalue weighted by atomic mass is 10.0. The van der Waals surface area contributed by atoms with Gasteiger partial charge in [0.05, 0.1) is 11.4 Å². The molecule has 1 aliphatic rings. The van der Waals surface area contributed by atoms with E-state index in [1.807, 2.05) is 0 Å². The van der Waals surface area contributed by atoms with E-state index in [4.69, 9.17) is 11.6 Å². The maximum atomic E-state index is 12.5. The van der Waals surface area contributed by atoms with E-state index in [1.165, 1.54) is 4.31 Å². The highest BCUT2D eigenvalue weighted by atomic mass is 35.5. The number of anilines is 2. The molecule has 0 fully saturated rings. The Morgan fingerprint density at radius 1 is 1.24 bits per heavy atom. The second-order valence-electron chi connectivity index (χ2n) is 5.88. The van der Waals surface area contributed by atoms with E-state index in [-0.39, 0.29) is 11.7 Å². The molecule has 0 aliphatic carbocycles. The molecule has 1 amide bonds. The highest BCUT2D eigenvalue weighted by Gasteiger charge is 2.26. The number of amides is 1. The number of benzene rings is 2. The molecule has 0 unspecified atom stereocenters. The smallest absolute Gasteiger partial charge is 0.255 e. The van der Waals surface area contributed by atoms with Crippen molar-refractivity contribution in [1.82, 2.24) is 0 Å². The minimum atomic E-state index is -3.30. The zero-order chi connectivity index (χ0) is 18.0. The van der Waals surface area contributed by atoms with Crippen LogP contribution in [0.25, 0.3) is 0 Å². The van der Waals surface area contributed by atoms with Gasteiger partial charge < -0.3 is 5.32 Å². The molecule has 132 valence electrons. The number of halogens is 1. The maximum absolute atomic E-state index is 12.5. The van der Waals surface area contributed by atoms with Crippen LogP contribution in [0.2, 0.25) is 5.02 Å². The van der Waals surface area contributed by atoms with Gasteiger partial charge in [0.1, 0.15) is 0 Å². The summed E-state index contributed by atoms with van der Waals surface area (Å²) in [5, 5.41) is 3.35. The predicted octanol–water partition coefficient (Wildman–Crippen LogP) is 3.69. The van der Waals surface area contributed by atoms with Crippen molar-refractivity contribution in [2.45, 2.75) is 19.8 Å². The van der Waals surface area contributed by atoms with Crippen molar-refractivity contribution in [2.24, 2.45) is 0 Å². The third-order valence-electron chi connectivity index (χ3n) is 4.20. The van der Waals surface area contributed by atoms with E-state index in [0.29, 0.717) is 28.5 Å². The molecule has 1 N–H and O–H groups in total. The summed E-state index contributed by atoms with van der Waals surface area (Å²) < 4.78 is 25.9. The molecule has 0 radical (unpaired) electrons. The predicted molar refractivity (Wildman–Crippen MR) is 101 cm³/mol. The zero-order valence-electron chi connectivity index (χ0n) is 13.8. The molecule has 0 saturated heterocycles. The fourth-order valence-electron chi connectivity index (χ4n) is 2.92. The molecule has 0 saturated carbocycles. The lowest BCUT2D eigenvalue weighted by Gasteiger charge is -2.30. The second kappa shape index (κ2) is 7.06. The molecule has 2 aromatic rings. The van der Waals surface area contributed by atoms with Crippen LogP contribution in [0.15, 0.2) is 42.5 Å². The molecule has 0 atom stereocenters. The van der Waals surface area contributed by atoms with E-state index < -0.39 is 10.0 Å². The summed E-state index contributed by atoms with van der Waals surface area (Å²) in [6, 6.07) is 12.1. The number of carbonyl (C=O) groups excluding carboxylic acids is 1. The molecule has 0 bridgehead atoms. The third kappa shape index (κ3) is 3.80. The molecular weight excluding hydrogens is 360 g/mol. The van der Waals surface area contributed by atoms with Crippen molar-refractivity contribution >= 4 is 38.9 Å². The van der Waals surface area contributed by atoms with E-state index in [2.05, 4.69) is 5.32 Å². The lowest BCUT2D eigenvalue weighted by Crippen LogP contribution is -2.36. The molecule has 1 heterocycles. The van der Waals surface area contributed by atoms with Crippen LogP contribution in [0.1, 0.15) is 29.3 Å². The highest BCUT2D eigenvalue weighted by molar-refractivity contribution is 7.92. The molecule has 0 spiro atoms. The van der Waals surface area contributed by atoms with Gasteiger partial charge in [0.25, 0.3) is 5.91 Å². The average Bonchev–Trinajstić information content (AvgIpc) is 2.60. The van der Waals surface area contributed by atoms with Crippen LogP contribution in [-0.2, 0) is 16.4 Å². The van der Waals surface area contributed by atoms with Gasteiger partial charge >= 0.3 is 0 Å². The Hall–Kier alpha value is -2.05. The number of nitrogens with one attached hydrogen (secondary N) is 1. The number of aryl methyl sites for hydroxylation is 1. The van der Waals surface area contributed by atoms with E-state index in [0.717, 1.165) is 18.4 Å². The number of fused-ring (bicyclic) bond motifs is 1. The SMILES string of the molecule is CCS(=O)(=O)N1CCCc2cc(C(=O)Nc3cccc(Cl)c3)ccc21. The number of rotatable bonds is 4. The summed E-state index contributed by atoms with van der Waals surface area (Å²) in [6.45, 7) is 2.12. The number of hydrogen-bond acceptors (Lipinski definition) is 3. The first-order valence-electron chi connectivity index (χ1n) is 8.11. The first-order chi connectivity index (χ1) is 11.9. The highest BCUT2D eigenvalue weighted by Crippen LogP contribution is 2.30. The fraction of sp³-hybridized carbons (Fsp3) is 0.278. The Morgan fingerprint density at radius 3 is 2.76 bits per heavy atom. The van der Waals surface area contributed by atoms with Crippen molar-refractivity contribution in [1.29, 1.82) is 0 Å². The van der Waals surface area contributed by atoms with Gasteiger partial charge in [-0.25, -0.2) is 8.42 Å². The average molecular weight is 379 g/mol. The van der Waals surface area contributed by atoms with Crippen LogP contribution in [0.4, 0.5) is 11.4 Å². The van der Waals surface area contributed by atoms with Crippen molar-refractivity contribution in [2.75, 3.05) is 21.9 Å². The molecule has 0 aromatic heterocycles. The summed E-state index contributed by atoms with van der Waals surface area (Å²) in [6.07, 6.45) is 1.49. The number of carbonyl (C=O) groups is 1. The van der Waals surface area contributed by atoms with Gasteiger partial charge in [-0.1, -0.05) is 17.7 Å². The Bertz CT molecular complexity index is 912. The van der Waals surface area contributed by atoms with Crippen LogP contribution in [0, 0.1) is 0 Å². The van der Waals surface area contributed by atoms with Gasteiger partial charge in [-0.05, 0) is 61.7 Å². The Kier molecular flexibility index (Phi) is 5.01. The van der Waals surface area contributed by atoms with Crippen molar-refractivity contribution in [3.63, 3.8) is 0 Å². The molecule has 5 nitrogen and oxygen atoms in total. The van der Waals surface area contributed by atoms with Gasteiger partial charge in [0.15, 0.2) is 0 Å². The minimum Gasteiger partial charge on any atom is -0.322 e. The Morgan fingerprint density at radius 2 is 2.04 bits per heavy atom. The summed E-state index contributed by atoms with van der Waals surface area (Å²) in [4.78, 5) is 12.5. The summed E-state index contributed by atoms with van der Waals surface area (Å²) in [5.41, 5.74) is 2.66. The maximum Gasteiger partial charge on any atom is 0.255 e. The minimum absolute atomic E-state index is 0.0590. The first-order valence-corrected chi connectivity index (χ1v) is 10.1. The topological polar surface area (TPSA) is 66.5 Å². The van der Waals surface area contributed by atoms with Crippen LogP contribution >= 0.6 is 11.6 Å². The van der Waals surface area contributed by atoms with Gasteiger partial charge in [-0.15, -0.1) is 0 Å².